The normalized spacial score (nSPS) is 3.25. The molecule has 0 saturated heterocycles. The molecule has 26 valence electrons. The van der Waals surface area contributed by atoms with Gasteiger partial charge in [-0.05, 0) is 0 Å². The molecule has 0 aliphatic carbocycles. The number of hydrogen-bond acceptors (Lipinski definition) is 1. The van der Waals surface area contributed by atoms with Gasteiger partial charge >= 0.3 is 11.7 Å². The van der Waals surface area contributed by atoms with E-state index in [9.17, 15) is 0 Å². The molecule has 0 amide bonds. The van der Waals surface area contributed by atoms with Crippen LogP contribution in [-0.2, 0) is 15.9 Å². The summed E-state index contributed by atoms with van der Waals surface area (Å²) in [5.74, 6) is 0. The van der Waals surface area contributed by atoms with Crippen molar-refractivity contribution in [1.29, 1.82) is 0 Å². The molecule has 0 saturated carbocycles. The summed E-state index contributed by atoms with van der Waals surface area (Å²) in [4.78, 5) is 0. The van der Waals surface area contributed by atoms with Gasteiger partial charge in [-0.15, -0.1) is 24.0 Å². The second-order valence-electron chi connectivity index (χ2n) is 0.167. The second-order valence-corrected chi connectivity index (χ2v) is 0.500. The van der Waals surface area contributed by atoms with Gasteiger partial charge in [-0.3, -0.25) is 0 Å². The van der Waals surface area contributed by atoms with Crippen LogP contribution in [0.1, 0.15) is 0 Å². The van der Waals surface area contributed by atoms with Crippen LogP contribution < -0.4 is 0 Å². The summed E-state index contributed by atoms with van der Waals surface area (Å²) in [7, 11) is 0. The fourth-order valence-corrected chi connectivity index (χ4v) is 0. The first-order valence-corrected chi connectivity index (χ1v) is 1.72. The lowest BCUT2D eigenvalue weighted by atomic mass is 12.0. The van der Waals surface area contributed by atoms with Gasteiger partial charge in [-0.1, -0.05) is 0 Å². The van der Waals surface area contributed by atoms with Gasteiger partial charge in [-0.25, -0.2) is 0 Å². The van der Waals surface area contributed by atoms with Crippen LogP contribution in [0.15, 0.2) is 0 Å². The maximum atomic E-state index is 8.85. The first kappa shape index (κ1) is 8.83. The molecule has 3 heteroatoms. The highest BCUT2D eigenvalue weighted by atomic mass is 127. The largest absolute Gasteiger partial charge is 0.455 e. The van der Waals surface area contributed by atoms with Gasteiger partial charge in [0.25, 0.3) is 0 Å². The van der Waals surface area contributed by atoms with Gasteiger partial charge in [-0.2, -0.15) is 0 Å². The van der Waals surface area contributed by atoms with Crippen LogP contribution in [0.5, 0.6) is 0 Å². The monoisotopic (exact) mass is 191 g/mol. The van der Waals surface area contributed by atoms with Crippen LogP contribution in [0.2, 0.25) is 0 Å². The Morgan fingerprint density at radius 3 is 1.75 bits per heavy atom. The first-order valence-electron chi connectivity index (χ1n) is 0.575. The molecule has 0 aliphatic heterocycles. The van der Waals surface area contributed by atoms with Crippen molar-refractivity contribution >= 4 is 35.6 Å². The SMILES string of the molecule is C[S+]=O.I. The van der Waals surface area contributed by atoms with Gasteiger partial charge in [0.05, 0.1) is 0 Å². The van der Waals surface area contributed by atoms with E-state index in [1.54, 1.807) is 0 Å². The molecule has 0 aromatic carbocycles. The summed E-state index contributed by atoms with van der Waals surface area (Å²) in [5.41, 5.74) is 0. The van der Waals surface area contributed by atoms with Crippen LogP contribution in [0.3, 0.4) is 0 Å². The molecule has 0 rings (SSSR count). The summed E-state index contributed by atoms with van der Waals surface area (Å²) in [6.45, 7) is 0. The number of halogens is 1. The molecule has 0 unspecified atom stereocenters. The van der Waals surface area contributed by atoms with Crippen molar-refractivity contribution in [2.45, 2.75) is 0 Å². The van der Waals surface area contributed by atoms with Crippen molar-refractivity contribution in [3.63, 3.8) is 0 Å². The zero-order valence-corrected chi connectivity index (χ0v) is 5.37. The Morgan fingerprint density at radius 1 is 1.75 bits per heavy atom. The summed E-state index contributed by atoms with van der Waals surface area (Å²) < 4.78 is 8.85. The molecule has 0 aliphatic rings. The van der Waals surface area contributed by atoms with Crippen molar-refractivity contribution in [1.82, 2.24) is 0 Å². The van der Waals surface area contributed by atoms with Crippen LogP contribution in [-0.4, -0.2) is 6.26 Å². The van der Waals surface area contributed by atoms with Crippen molar-refractivity contribution in [2.75, 3.05) is 6.26 Å². The lowest BCUT2D eigenvalue weighted by Gasteiger charge is -0.931. The fourth-order valence-electron chi connectivity index (χ4n) is 0. The minimum Gasteiger partial charge on any atom is -0.107 e. The number of rotatable bonds is 0. The number of hydrogen-bond donors (Lipinski definition) is 0. The molecule has 0 fully saturated rings. The highest BCUT2D eigenvalue weighted by molar-refractivity contribution is 14.0. The van der Waals surface area contributed by atoms with E-state index in [2.05, 4.69) is 0 Å². The molecule has 0 spiro atoms. The average molecular weight is 191 g/mol. The maximum absolute atomic E-state index is 8.85. The Balaban J connectivity index is 0. The van der Waals surface area contributed by atoms with E-state index >= 15 is 0 Å². The van der Waals surface area contributed by atoms with E-state index in [1.165, 1.54) is 6.26 Å². The smallest absolute Gasteiger partial charge is 0.107 e. The molecular weight excluding hydrogens is 187 g/mol. The Bertz CT molecular complexity index is 15.5. The third-order valence-electron chi connectivity index (χ3n) is 0. The lowest BCUT2D eigenvalue weighted by molar-refractivity contribution is 0.607. The van der Waals surface area contributed by atoms with Crippen molar-refractivity contribution in [3.8, 4) is 0 Å². The van der Waals surface area contributed by atoms with E-state index in [4.69, 9.17) is 4.21 Å². The van der Waals surface area contributed by atoms with Crippen LogP contribution in [0.4, 0.5) is 0 Å². The van der Waals surface area contributed by atoms with Gasteiger partial charge in [0.2, 0.25) is 6.26 Å². The summed E-state index contributed by atoms with van der Waals surface area (Å²) in [6, 6.07) is 0. The van der Waals surface area contributed by atoms with Crippen molar-refractivity contribution in [3.05, 3.63) is 0 Å². The topological polar surface area (TPSA) is 17.1 Å². The van der Waals surface area contributed by atoms with Crippen molar-refractivity contribution in [2.24, 2.45) is 0 Å². The zero-order chi connectivity index (χ0) is 2.71. The van der Waals surface area contributed by atoms with E-state index < -0.39 is 0 Å². The molecule has 0 radical (unpaired) electrons. The molecule has 0 aromatic rings. The molecule has 0 aromatic heterocycles. The summed E-state index contributed by atoms with van der Waals surface area (Å²) in [5, 5.41) is 0. The standard InChI is InChI=1S/CH3OS.HI/c1-3-2;/h1H3;1H/q+1;. The Morgan fingerprint density at radius 2 is 1.75 bits per heavy atom. The molecule has 1 nitrogen and oxygen atoms in total. The predicted octanol–water partition coefficient (Wildman–Crippen LogP) is 0.662. The molecule has 0 heterocycles. The quantitative estimate of drug-likeness (QED) is 0.406. The second kappa shape index (κ2) is 9.26. The Hall–Kier alpha value is 0.750. The highest BCUT2D eigenvalue weighted by Crippen LogP contribution is 1.14. The minimum atomic E-state index is 0. The third kappa shape index (κ3) is 15.0. The third-order valence-corrected chi connectivity index (χ3v) is 0. The maximum Gasteiger partial charge on any atom is 0.455 e. The highest BCUT2D eigenvalue weighted by Gasteiger charge is 1.54. The summed E-state index contributed by atoms with van der Waals surface area (Å²) >= 11 is 0.500. The van der Waals surface area contributed by atoms with Crippen molar-refractivity contribution < 1.29 is 4.21 Å². The van der Waals surface area contributed by atoms with Crippen LogP contribution >= 0.6 is 24.0 Å². The van der Waals surface area contributed by atoms with Crippen LogP contribution in [0, 0.1) is 0 Å². The molecular formula is CH4IOS+. The fraction of sp³-hybridized carbons (Fsp3) is 1.00. The van der Waals surface area contributed by atoms with Gasteiger partial charge in [0.1, 0.15) is 0 Å². The molecule has 4 heavy (non-hydrogen) atoms. The van der Waals surface area contributed by atoms with E-state index in [0.29, 0.717) is 11.7 Å². The van der Waals surface area contributed by atoms with Gasteiger partial charge in [0.15, 0.2) is 0 Å². The molecule has 0 N–H and O–H groups in total. The summed E-state index contributed by atoms with van der Waals surface area (Å²) in [6.07, 6.45) is 1.49. The van der Waals surface area contributed by atoms with Gasteiger partial charge in [0, 0.05) is 4.21 Å². The van der Waals surface area contributed by atoms with Gasteiger partial charge < -0.3 is 0 Å². The average Bonchev–Trinajstić information content (AvgIpc) is 0.918. The van der Waals surface area contributed by atoms with E-state index in [0.717, 1.165) is 0 Å². The lowest BCUT2D eigenvalue weighted by Crippen LogP contribution is -1.32. The van der Waals surface area contributed by atoms with Crippen LogP contribution in [0.25, 0.3) is 0 Å². The minimum absolute atomic E-state index is 0. The molecule has 0 bridgehead atoms. The van der Waals surface area contributed by atoms with E-state index in [-0.39, 0.29) is 24.0 Å². The zero-order valence-electron chi connectivity index (χ0n) is 2.22. The predicted molar refractivity (Wildman–Crippen MR) is 29.4 cm³/mol. The molecule has 0 atom stereocenters. The van der Waals surface area contributed by atoms with E-state index in [1.807, 2.05) is 0 Å². The Labute approximate surface area is 46.3 Å². The first-order chi connectivity index (χ1) is 1.41. The Kier molecular flexibility index (Phi) is 20.4.